The largest absolute Gasteiger partial charge is 0.497 e. The first-order valence-corrected chi connectivity index (χ1v) is 10.5. The molecule has 0 spiro atoms. The summed E-state index contributed by atoms with van der Waals surface area (Å²) < 4.78 is 5.23. The van der Waals surface area contributed by atoms with Crippen molar-refractivity contribution in [2.75, 3.05) is 59.5 Å². The molecule has 1 aliphatic rings. The third-order valence-electron chi connectivity index (χ3n) is 5.70. The second-order valence-electron chi connectivity index (χ2n) is 7.58. The number of rotatable bonds is 11. The molecule has 1 atom stereocenters. The van der Waals surface area contributed by atoms with Crippen molar-refractivity contribution in [1.29, 1.82) is 0 Å². The van der Waals surface area contributed by atoms with Crippen LogP contribution in [0.4, 0.5) is 0 Å². The summed E-state index contributed by atoms with van der Waals surface area (Å²) in [6.45, 7) is 10.6. The highest BCUT2D eigenvalue weighted by Gasteiger charge is 2.21. The molecule has 1 unspecified atom stereocenters. The first-order chi connectivity index (χ1) is 13.6. The molecule has 1 N–H and O–H groups in total. The minimum absolute atomic E-state index is 0.190. The number of likely N-dealkylation sites (N-methyl/N-ethyl adjacent to an activating group) is 1. The van der Waals surface area contributed by atoms with E-state index in [2.05, 4.69) is 35.8 Å². The van der Waals surface area contributed by atoms with Crippen molar-refractivity contribution < 1.29 is 14.6 Å². The lowest BCUT2D eigenvalue weighted by atomic mass is 10.1. The van der Waals surface area contributed by atoms with Gasteiger partial charge in [0, 0.05) is 45.2 Å². The number of β-amino-alcohol motifs (C(OH)–C–C–N with tert-alkyl or cyclic N) is 1. The van der Waals surface area contributed by atoms with Gasteiger partial charge in [0.1, 0.15) is 5.75 Å². The summed E-state index contributed by atoms with van der Waals surface area (Å²) in [5.74, 6) is 1.15. The van der Waals surface area contributed by atoms with Crippen LogP contribution in [0.5, 0.6) is 5.75 Å². The van der Waals surface area contributed by atoms with Crippen LogP contribution in [-0.4, -0.2) is 91.3 Å². The van der Waals surface area contributed by atoms with Crippen LogP contribution in [0.25, 0.3) is 0 Å². The number of aliphatic hydroxyl groups excluding tert-OH is 1. The summed E-state index contributed by atoms with van der Waals surface area (Å²) in [4.78, 5) is 19.1. The number of nitrogens with zero attached hydrogens (tertiary/aromatic N) is 3. The van der Waals surface area contributed by atoms with Crippen LogP contribution in [0.1, 0.15) is 32.3 Å². The molecule has 0 aliphatic carbocycles. The monoisotopic (exact) mass is 391 g/mol. The zero-order valence-corrected chi connectivity index (χ0v) is 17.8. The molecule has 1 aromatic carbocycles. The molecule has 0 bridgehead atoms. The van der Waals surface area contributed by atoms with Crippen molar-refractivity contribution in [3.05, 3.63) is 29.8 Å². The lowest BCUT2D eigenvalue weighted by molar-refractivity contribution is -0.133. The van der Waals surface area contributed by atoms with Crippen molar-refractivity contribution in [2.24, 2.45) is 0 Å². The Balaban J connectivity index is 1.71. The lowest BCUT2D eigenvalue weighted by Gasteiger charge is -2.34. The molecule has 1 aliphatic heterocycles. The van der Waals surface area contributed by atoms with E-state index in [1.54, 1.807) is 7.11 Å². The topological polar surface area (TPSA) is 56.3 Å². The Hall–Kier alpha value is -1.63. The normalized spacial score (nSPS) is 16.4. The summed E-state index contributed by atoms with van der Waals surface area (Å²) in [5.41, 5.74) is 1.31. The van der Waals surface area contributed by atoms with E-state index in [0.717, 1.165) is 57.9 Å². The molecule has 1 aromatic rings. The zero-order valence-electron chi connectivity index (χ0n) is 17.8. The molecule has 158 valence electrons. The lowest BCUT2D eigenvalue weighted by Crippen LogP contribution is -2.49. The molecule has 1 heterocycles. The van der Waals surface area contributed by atoms with Crippen LogP contribution in [0.3, 0.4) is 0 Å². The molecule has 0 saturated carbocycles. The Morgan fingerprint density at radius 2 is 1.89 bits per heavy atom. The van der Waals surface area contributed by atoms with Gasteiger partial charge in [0.15, 0.2) is 0 Å². The van der Waals surface area contributed by atoms with Gasteiger partial charge in [-0.1, -0.05) is 19.1 Å². The van der Waals surface area contributed by atoms with E-state index in [1.807, 2.05) is 17.0 Å². The molecule has 6 heteroatoms. The van der Waals surface area contributed by atoms with Gasteiger partial charge in [-0.05, 0) is 50.6 Å². The maximum absolute atomic E-state index is 12.5. The highest BCUT2D eigenvalue weighted by atomic mass is 16.5. The zero-order chi connectivity index (χ0) is 20.4. The van der Waals surface area contributed by atoms with Gasteiger partial charge in [0.25, 0.3) is 0 Å². The third kappa shape index (κ3) is 7.08. The van der Waals surface area contributed by atoms with Gasteiger partial charge in [0.2, 0.25) is 5.91 Å². The first kappa shape index (κ1) is 22.7. The average molecular weight is 392 g/mol. The van der Waals surface area contributed by atoms with Crippen molar-refractivity contribution in [1.82, 2.24) is 14.7 Å². The number of piperazine rings is 1. The molecular formula is C22H37N3O3. The Kier molecular flexibility index (Phi) is 9.75. The Morgan fingerprint density at radius 3 is 2.46 bits per heavy atom. The molecule has 0 aromatic heterocycles. The van der Waals surface area contributed by atoms with Gasteiger partial charge in [-0.15, -0.1) is 0 Å². The van der Waals surface area contributed by atoms with Crippen molar-refractivity contribution in [3.8, 4) is 5.75 Å². The summed E-state index contributed by atoms with van der Waals surface area (Å²) in [7, 11) is 1.69. The molecule has 1 fully saturated rings. The van der Waals surface area contributed by atoms with Crippen LogP contribution in [0.15, 0.2) is 24.3 Å². The van der Waals surface area contributed by atoms with Gasteiger partial charge in [-0.3, -0.25) is 9.69 Å². The van der Waals surface area contributed by atoms with Crippen LogP contribution in [0, 0.1) is 0 Å². The quantitative estimate of drug-likeness (QED) is 0.624. The van der Waals surface area contributed by atoms with E-state index in [1.165, 1.54) is 5.56 Å². The number of carbonyl (C=O) groups is 1. The number of benzene rings is 1. The van der Waals surface area contributed by atoms with Crippen LogP contribution >= 0.6 is 0 Å². The van der Waals surface area contributed by atoms with Gasteiger partial charge in [-0.25, -0.2) is 0 Å². The Morgan fingerprint density at radius 1 is 1.21 bits per heavy atom. The van der Waals surface area contributed by atoms with E-state index in [0.29, 0.717) is 19.0 Å². The fourth-order valence-corrected chi connectivity index (χ4v) is 3.88. The van der Waals surface area contributed by atoms with Crippen molar-refractivity contribution in [2.45, 2.75) is 39.2 Å². The number of amides is 1. The van der Waals surface area contributed by atoms with Crippen molar-refractivity contribution in [3.63, 3.8) is 0 Å². The van der Waals surface area contributed by atoms with E-state index in [-0.39, 0.29) is 12.5 Å². The number of carbonyl (C=O) groups excluding carboxylic acids is 1. The van der Waals surface area contributed by atoms with Crippen LogP contribution < -0.4 is 4.74 Å². The highest BCUT2D eigenvalue weighted by molar-refractivity contribution is 5.76. The van der Waals surface area contributed by atoms with Gasteiger partial charge in [-0.2, -0.15) is 0 Å². The number of ether oxygens (including phenoxy) is 1. The Labute approximate surface area is 170 Å². The van der Waals surface area contributed by atoms with Gasteiger partial charge >= 0.3 is 0 Å². The number of aliphatic hydroxyl groups is 1. The SMILES string of the molecule is CCN(CCCC(=O)N1CCN(CCO)CC1)C(C)Cc1ccc(OC)cc1. The second kappa shape index (κ2) is 12.0. The minimum Gasteiger partial charge on any atom is -0.497 e. The predicted molar refractivity (Wildman–Crippen MR) is 113 cm³/mol. The fourth-order valence-electron chi connectivity index (χ4n) is 3.88. The van der Waals surface area contributed by atoms with E-state index in [4.69, 9.17) is 9.84 Å². The van der Waals surface area contributed by atoms with E-state index >= 15 is 0 Å². The molecule has 6 nitrogen and oxygen atoms in total. The van der Waals surface area contributed by atoms with E-state index < -0.39 is 0 Å². The summed E-state index contributed by atoms with van der Waals surface area (Å²) >= 11 is 0. The third-order valence-corrected chi connectivity index (χ3v) is 5.70. The maximum Gasteiger partial charge on any atom is 0.222 e. The maximum atomic E-state index is 12.5. The number of hydrogen-bond donors (Lipinski definition) is 1. The standard InChI is InChI=1S/C22H37N3O3/c1-4-24(19(2)18-20-7-9-21(28-3)10-8-20)11-5-6-22(27)25-14-12-23(13-15-25)16-17-26/h7-10,19,26H,4-6,11-18H2,1-3H3. The minimum atomic E-state index is 0.190. The van der Waals surface area contributed by atoms with Gasteiger partial charge < -0.3 is 19.6 Å². The Bertz CT molecular complexity index is 571. The van der Waals surface area contributed by atoms with Crippen LogP contribution in [0.2, 0.25) is 0 Å². The highest BCUT2D eigenvalue weighted by Crippen LogP contribution is 2.15. The molecule has 1 saturated heterocycles. The van der Waals surface area contributed by atoms with Crippen LogP contribution in [-0.2, 0) is 11.2 Å². The first-order valence-electron chi connectivity index (χ1n) is 10.5. The number of methoxy groups -OCH3 is 1. The molecule has 0 radical (unpaired) electrons. The second-order valence-corrected chi connectivity index (χ2v) is 7.58. The summed E-state index contributed by atoms with van der Waals surface area (Å²) in [5, 5.41) is 9.01. The fraction of sp³-hybridized carbons (Fsp3) is 0.682. The average Bonchev–Trinajstić information content (AvgIpc) is 2.72. The number of hydrogen-bond acceptors (Lipinski definition) is 5. The molecule has 1 amide bonds. The summed E-state index contributed by atoms with van der Waals surface area (Å²) in [6, 6.07) is 8.72. The summed E-state index contributed by atoms with van der Waals surface area (Å²) in [6.07, 6.45) is 2.51. The molecule has 28 heavy (non-hydrogen) atoms. The molecular weight excluding hydrogens is 354 g/mol. The van der Waals surface area contributed by atoms with Crippen molar-refractivity contribution >= 4 is 5.91 Å². The molecule has 2 rings (SSSR count). The predicted octanol–water partition coefficient (Wildman–Crippen LogP) is 1.86. The smallest absolute Gasteiger partial charge is 0.222 e. The van der Waals surface area contributed by atoms with E-state index in [9.17, 15) is 4.79 Å². The van der Waals surface area contributed by atoms with Gasteiger partial charge in [0.05, 0.1) is 13.7 Å².